The molecule has 5 nitrogen and oxygen atoms in total. The average Bonchev–Trinajstić information content (AvgIpc) is 2.89. The van der Waals surface area contributed by atoms with Gasteiger partial charge in [-0.25, -0.2) is 8.78 Å². The van der Waals surface area contributed by atoms with Gasteiger partial charge in [0.2, 0.25) is 11.8 Å². The van der Waals surface area contributed by atoms with Crippen molar-refractivity contribution in [1.82, 2.24) is 9.80 Å². The molecule has 2 atom stereocenters. The Morgan fingerprint density at radius 2 is 2.09 bits per heavy atom. The third-order valence-electron chi connectivity index (χ3n) is 4.47. The fourth-order valence-corrected chi connectivity index (χ4v) is 3.07. The van der Waals surface area contributed by atoms with E-state index in [1.54, 1.807) is 11.9 Å². The standard InChI is InChI=1S/C16H18F2N2O3/c1-19-13(4-5-15(19)21)16(22)20-6-7-23-14(9-20)10-2-3-11(17)12(18)8-10/h2-3,8,13-14H,4-7,9H2,1H3. The number of carbonyl (C=O) groups excluding carboxylic acids is 2. The Kier molecular flexibility index (Phi) is 4.30. The molecule has 3 rings (SSSR count). The number of likely N-dealkylation sites (N-methyl/N-ethyl adjacent to an activating group) is 1. The summed E-state index contributed by atoms with van der Waals surface area (Å²) in [5.74, 6) is -2.00. The molecule has 0 aromatic heterocycles. The summed E-state index contributed by atoms with van der Waals surface area (Å²) in [5.41, 5.74) is 0.497. The largest absolute Gasteiger partial charge is 0.370 e. The Labute approximate surface area is 132 Å². The first-order chi connectivity index (χ1) is 11.0. The molecule has 2 heterocycles. The van der Waals surface area contributed by atoms with Gasteiger partial charge in [-0.05, 0) is 24.1 Å². The van der Waals surface area contributed by atoms with E-state index in [1.165, 1.54) is 11.0 Å². The molecule has 0 spiro atoms. The summed E-state index contributed by atoms with van der Waals surface area (Å²) >= 11 is 0. The molecule has 2 amide bonds. The predicted molar refractivity (Wildman–Crippen MR) is 77.4 cm³/mol. The Morgan fingerprint density at radius 3 is 2.74 bits per heavy atom. The first-order valence-electron chi connectivity index (χ1n) is 7.58. The van der Waals surface area contributed by atoms with E-state index in [2.05, 4.69) is 0 Å². The zero-order valence-electron chi connectivity index (χ0n) is 12.8. The van der Waals surface area contributed by atoms with Crippen molar-refractivity contribution >= 4 is 11.8 Å². The van der Waals surface area contributed by atoms with Crippen LogP contribution in [-0.2, 0) is 14.3 Å². The summed E-state index contributed by atoms with van der Waals surface area (Å²) < 4.78 is 32.0. The number of likely N-dealkylation sites (tertiary alicyclic amines) is 1. The normalized spacial score (nSPS) is 25.1. The van der Waals surface area contributed by atoms with Crippen molar-refractivity contribution in [2.45, 2.75) is 25.0 Å². The van der Waals surface area contributed by atoms with E-state index in [9.17, 15) is 18.4 Å². The minimum Gasteiger partial charge on any atom is -0.370 e. The fraction of sp³-hybridized carbons (Fsp3) is 0.500. The lowest BCUT2D eigenvalue weighted by atomic mass is 10.1. The molecule has 2 saturated heterocycles. The second-order valence-corrected chi connectivity index (χ2v) is 5.88. The van der Waals surface area contributed by atoms with Crippen LogP contribution in [-0.4, -0.2) is 54.4 Å². The van der Waals surface area contributed by atoms with E-state index < -0.39 is 23.8 Å². The van der Waals surface area contributed by atoms with Gasteiger partial charge in [-0.2, -0.15) is 0 Å². The number of ether oxygens (including phenoxy) is 1. The Bertz CT molecular complexity index is 638. The Morgan fingerprint density at radius 1 is 1.30 bits per heavy atom. The third-order valence-corrected chi connectivity index (χ3v) is 4.47. The van der Waals surface area contributed by atoms with Gasteiger partial charge in [0.15, 0.2) is 11.6 Å². The number of amides is 2. The zero-order chi connectivity index (χ0) is 16.6. The SMILES string of the molecule is CN1C(=O)CCC1C(=O)N1CCOC(c2ccc(F)c(F)c2)C1. The second-order valence-electron chi connectivity index (χ2n) is 5.88. The van der Waals surface area contributed by atoms with Crippen molar-refractivity contribution in [2.24, 2.45) is 0 Å². The number of benzene rings is 1. The monoisotopic (exact) mass is 324 g/mol. The summed E-state index contributed by atoms with van der Waals surface area (Å²) in [6, 6.07) is 3.17. The minimum absolute atomic E-state index is 0.0336. The van der Waals surface area contributed by atoms with Gasteiger partial charge in [0, 0.05) is 20.0 Å². The first kappa shape index (κ1) is 15.9. The maximum absolute atomic E-state index is 13.4. The van der Waals surface area contributed by atoms with Crippen molar-refractivity contribution in [2.75, 3.05) is 26.7 Å². The quantitative estimate of drug-likeness (QED) is 0.828. The highest BCUT2D eigenvalue weighted by atomic mass is 19.2. The maximum Gasteiger partial charge on any atom is 0.245 e. The maximum atomic E-state index is 13.4. The molecule has 7 heteroatoms. The van der Waals surface area contributed by atoms with Gasteiger partial charge in [-0.1, -0.05) is 6.07 Å². The highest BCUT2D eigenvalue weighted by Gasteiger charge is 2.37. The molecule has 23 heavy (non-hydrogen) atoms. The van der Waals surface area contributed by atoms with Crippen LogP contribution in [0.15, 0.2) is 18.2 Å². The molecule has 2 unspecified atom stereocenters. The molecular formula is C16H18F2N2O3. The molecule has 0 radical (unpaired) electrons. The minimum atomic E-state index is -0.935. The van der Waals surface area contributed by atoms with E-state index >= 15 is 0 Å². The molecule has 124 valence electrons. The highest BCUT2D eigenvalue weighted by molar-refractivity contribution is 5.90. The summed E-state index contributed by atoms with van der Waals surface area (Å²) in [6.07, 6.45) is 0.399. The van der Waals surface area contributed by atoms with Crippen molar-refractivity contribution in [3.8, 4) is 0 Å². The number of morpholine rings is 1. The van der Waals surface area contributed by atoms with Crippen molar-refractivity contribution in [3.63, 3.8) is 0 Å². The molecule has 0 saturated carbocycles. The van der Waals surface area contributed by atoms with Gasteiger partial charge in [0.1, 0.15) is 12.1 Å². The second kappa shape index (κ2) is 6.23. The van der Waals surface area contributed by atoms with Gasteiger partial charge < -0.3 is 14.5 Å². The van der Waals surface area contributed by atoms with E-state index in [1.807, 2.05) is 0 Å². The topological polar surface area (TPSA) is 49.9 Å². The molecule has 1 aromatic rings. The first-order valence-corrected chi connectivity index (χ1v) is 7.58. The highest BCUT2D eigenvalue weighted by Crippen LogP contribution is 2.26. The third kappa shape index (κ3) is 3.06. The van der Waals surface area contributed by atoms with Crippen molar-refractivity contribution in [3.05, 3.63) is 35.4 Å². The van der Waals surface area contributed by atoms with Gasteiger partial charge >= 0.3 is 0 Å². The molecule has 1 aromatic carbocycles. The number of halogens is 2. The average molecular weight is 324 g/mol. The van der Waals surface area contributed by atoms with E-state index in [0.717, 1.165) is 12.1 Å². The van der Waals surface area contributed by atoms with Crippen LogP contribution >= 0.6 is 0 Å². The lowest BCUT2D eigenvalue weighted by Crippen LogP contribution is -2.50. The lowest BCUT2D eigenvalue weighted by molar-refractivity contribution is -0.146. The van der Waals surface area contributed by atoms with Crippen LogP contribution in [0.3, 0.4) is 0 Å². The predicted octanol–water partition coefficient (Wildman–Crippen LogP) is 1.49. The Balaban J connectivity index is 1.71. The van der Waals surface area contributed by atoms with Crippen LogP contribution in [0.2, 0.25) is 0 Å². The van der Waals surface area contributed by atoms with Gasteiger partial charge in [0.25, 0.3) is 0 Å². The molecule has 2 aliphatic heterocycles. The van der Waals surface area contributed by atoms with E-state index in [-0.39, 0.29) is 18.4 Å². The van der Waals surface area contributed by atoms with Crippen molar-refractivity contribution < 1.29 is 23.1 Å². The number of hydrogen-bond acceptors (Lipinski definition) is 3. The summed E-state index contributed by atoms with van der Waals surface area (Å²) in [7, 11) is 1.63. The van der Waals surface area contributed by atoms with Crippen LogP contribution in [0.25, 0.3) is 0 Å². The molecule has 2 aliphatic rings. The number of carbonyl (C=O) groups is 2. The van der Waals surface area contributed by atoms with Crippen molar-refractivity contribution in [1.29, 1.82) is 0 Å². The summed E-state index contributed by atoms with van der Waals surface area (Å²) in [6.45, 7) is 1.01. The number of nitrogens with zero attached hydrogens (tertiary/aromatic N) is 2. The molecule has 0 aliphatic carbocycles. The van der Waals surface area contributed by atoms with Gasteiger partial charge in [-0.3, -0.25) is 9.59 Å². The summed E-state index contributed by atoms with van der Waals surface area (Å²) in [4.78, 5) is 27.3. The van der Waals surface area contributed by atoms with Crippen LogP contribution in [0.1, 0.15) is 24.5 Å². The van der Waals surface area contributed by atoms with Crippen LogP contribution in [0.5, 0.6) is 0 Å². The zero-order valence-corrected chi connectivity index (χ0v) is 12.8. The number of hydrogen-bond donors (Lipinski definition) is 0. The lowest BCUT2D eigenvalue weighted by Gasteiger charge is -2.35. The fourth-order valence-electron chi connectivity index (χ4n) is 3.07. The smallest absolute Gasteiger partial charge is 0.245 e. The Hall–Kier alpha value is -2.02. The molecule has 0 bridgehead atoms. The van der Waals surface area contributed by atoms with Gasteiger partial charge in [-0.15, -0.1) is 0 Å². The molecule has 0 N–H and O–H groups in total. The summed E-state index contributed by atoms with van der Waals surface area (Å²) in [5, 5.41) is 0. The van der Waals surface area contributed by atoms with E-state index in [4.69, 9.17) is 4.74 Å². The van der Waals surface area contributed by atoms with Gasteiger partial charge in [0.05, 0.1) is 13.2 Å². The van der Waals surface area contributed by atoms with Crippen LogP contribution < -0.4 is 0 Å². The van der Waals surface area contributed by atoms with E-state index in [0.29, 0.717) is 31.6 Å². The van der Waals surface area contributed by atoms with Crippen LogP contribution in [0, 0.1) is 11.6 Å². The molecule has 2 fully saturated rings. The molecular weight excluding hydrogens is 306 g/mol. The van der Waals surface area contributed by atoms with Crippen LogP contribution in [0.4, 0.5) is 8.78 Å². The number of rotatable bonds is 2.